The summed E-state index contributed by atoms with van der Waals surface area (Å²) in [7, 11) is -6.15. The number of hydrogen-bond donors (Lipinski definition) is 0. The lowest BCUT2D eigenvalue weighted by molar-refractivity contribution is -0.143. The Labute approximate surface area is 206 Å². The highest BCUT2D eigenvalue weighted by molar-refractivity contribution is 7.99. The molecule has 1 unspecified atom stereocenters. The molecule has 0 aromatic heterocycles. The van der Waals surface area contributed by atoms with Crippen LogP contribution < -0.4 is 9.05 Å². The van der Waals surface area contributed by atoms with E-state index in [0.29, 0.717) is 5.56 Å². The van der Waals surface area contributed by atoms with Crippen molar-refractivity contribution in [2.45, 2.75) is 12.7 Å². The van der Waals surface area contributed by atoms with Gasteiger partial charge < -0.3 is 18.7 Å². The SMILES string of the molecule is CCOC(=O)CN(CP(=O)(Oc1ccccc1)Oc1ccccc1)C(=O)S(=O)Cc1ccccc1. The van der Waals surface area contributed by atoms with Crippen molar-refractivity contribution in [3.05, 3.63) is 96.6 Å². The molecule has 10 heteroatoms. The number of carbonyl (C=O) groups is 2. The van der Waals surface area contributed by atoms with Gasteiger partial charge in [-0.25, -0.2) is 8.77 Å². The molecule has 0 bridgehead atoms. The van der Waals surface area contributed by atoms with E-state index in [4.69, 9.17) is 13.8 Å². The van der Waals surface area contributed by atoms with Crippen LogP contribution in [0, 0.1) is 0 Å². The van der Waals surface area contributed by atoms with Crippen molar-refractivity contribution < 1.29 is 32.1 Å². The van der Waals surface area contributed by atoms with Gasteiger partial charge in [-0.15, -0.1) is 0 Å². The van der Waals surface area contributed by atoms with Crippen LogP contribution in [0.1, 0.15) is 12.5 Å². The molecule has 3 rings (SSSR count). The molecule has 0 saturated heterocycles. The molecule has 3 aromatic rings. The van der Waals surface area contributed by atoms with Gasteiger partial charge in [0.25, 0.3) is 0 Å². The molecule has 0 fully saturated rings. The van der Waals surface area contributed by atoms with Crippen LogP contribution in [0.4, 0.5) is 4.79 Å². The minimum Gasteiger partial charge on any atom is -0.465 e. The standard InChI is InChI=1S/C25H26NO7PS/c1-2-31-24(27)18-26(25(28)35(30)19-21-12-6-3-7-13-21)20-34(29,32-22-14-8-4-9-15-22)33-23-16-10-5-11-17-23/h3-17H,2,18-20H2,1H3. The summed E-state index contributed by atoms with van der Waals surface area (Å²) in [5, 5.41) is -0.879. The lowest BCUT2D eigenvalue weighted by Gasteiger charge is -2.26. The van der Waals surface area contributed by atoms with Crippen LogP contribution in [0.5, 0.6) is 11.5 Å². The van der Waals surface area contributed by atoms with Crippen molar-refractivity contribution in [2.24, 2.45) is 0 Å². The van der Waals surface area contributed by atoms with Gasteiger partial charge in [0.1, 0.15) is 35.1 Å². The third kappa shape index (κ3) is 8.38. The normalized spacial score (nSPS) is 11.8. The van der Waals surface area contributed by atoms with Crippen LogP contribution in [0.25, 0.3) is 0 Å². The van der Waals surface area contributed by atoms with E-state index >= 15 is 0 Å². The van der Waals surface area contributed by atoms with Gasteiger partial charge in [0.15, 0.2) is 0 Å². The molecule has 184 valence electrons. The number of rotatable bonds is 11. The number of ether oxygens (including phenoxy) is 1. The van der Waals surface area contributed by atoms with Gasteiger partial charge in [-0.05, 0) is 36.8 Å². The Morgan fingerprint density at radius 1 is 0.829 bits per heavy atom. The first kappa shape index (κ1) is 26.2. The number of para-hydroxylation sites is 2. The second-order valence-corrected chi connectivity index (χ2v) is 10.5. The first-order valence-corrected chi connectivity index (χ1v) is 13.9. The molecule has 35 heavy (non-hydrogen) atoms. The van der Waals surface area contributed by atoms with Crippen LogP contribution in [-0.4, -0.2) is 39.8 Å². The van der Waals surface area contributed by atoms with Crippen molar-refractivity contribution in [1.29, 1.82) is 0 Å². The van der Waals surface area contributed by atoms with E-state index in [-0.39, 0.29) is 23.9 Å². The highest BCUT2D eigenvalue weighted by atomic mass is 32.2. The summed E-state index contributed by atoms with van der Waals surface area (Å²) < 4.78 is 43.2. The molecule has 0 radical (unpaired) electrons. The molecule has 0 heterocycles. The largest absolute Gasteiger partial charge is 0.465 e. The summed E-state index contributed by atoms with van der Waals surface area (Å²) in [6, 6.07) is 25.5. The van der Waals surface area contributed by atoms with Crippen LogP contribution in [0.3, 0.4) is 0 Å². The number of nitrogens with zero attached hydrogens (tertiary/aromatic N) is 1. The molecule has 0 aliphatic heterocycles. The number of esters is 1. The molecule has 1 amide bonds. The minimum absolute atomic E-state index is 0.0671. The Bertz CT molecular complexity index is 1130. The van der Waals surface area contributed by atoms with E-state index in [1.54, 1.807) is 97.9 Å². The molecule has 0 aliphatic carbocycles. The molecule has 3 aromatic carbocycles. The number of benzene rings is 3. The molecule has 0 aliphatic rings. The third-order valence-electron chi connectivity index (χ3n) is 4.54. The van der Waals surface area contributed by atoms with Crippen LogP contribution >= 0.6 is 7.60 Å². The molecular formula is C25H26NO7PS. The Morgan fingerprint density at radius 3 is 1.80 bits per heavy atom. The predicted molar refractivity (Wildman–Crippen MR) is 134 cm³/mol. The maximum atomic E-state index is 13.9. The molecule has 1 atom stereocenters. The summed E-state index contributed by atoms with van der Waals surface area (Å²) in [5.74, 6) is -0.299. The topological polar surface area (TPSA) is 99.2 Å². The van der Waals surface area contributed by atoms with Crippen molar-refractivity contribution in [2.75, 3.05) is 19.4 Å². The van der Waals surface area contributed by atoms with E-state index in [1.807, 2.05) is 0 Å². The maximum Gasteiger partial charge on any atom is 0.450 e. The van der Waals surface area contributed by atoms with Crippen molar-refractivity contribution in [3.63, 3.8) is 0 Å². The molecule has 8 nitrogen and oxygen atoms in total. The highest BCUT2D eigenvalue weighted by Crippen LogP contribution is 2.49. The second-order valence-electron chi connectivity index (χ2n) is 7.31. The number of hydrogen-bond acceptors (Lipinski definition) is 7. The third-order valence-corrected chi connectivity index (χ3v) is 7.45. The van der Waals surface area contributed by atoms with Crippen LogP contribution in [0.15, 0.2) is 91.0 Å². The number of carbonyl (C=O) groups excluding carboxylic acids is 2. The van der Waals surface area contributed by atoms with E-state index in [9.17, 15) is 18.4 Å². The minimum atomic E-state index is -4.11. The zero-order valence-corrected chi connectivity index (χ0v) is 20.9. The van der Waals surface area contributed by atoms with E-state index in [1.165, 1.54) is 0 Å². The Kier molecular flexibility index (Phi) is 9.64. The second kappa shape index (κ2) is 12.9. The lowest BCUT2D eigenvalue weighted by atomic mass is 10.2. The fourth-order valence-electron chi connectivity index (χ4n) is 3.04. The Balaban J connectivity index is 1.88. The van der Waals surface area contributed by atoms with Crippen LogP contribution in [-0.2, 0) is 30.6 Å². The molecule has 0 N–H and O–H groups in total. The van der Waals surface area contributed by atoms with Crippen molar-refractivity contribution >= 4 is 29.6 Å². The summed E-state index contributed by atoms with van der Waals surface area (Å²) in [4.78, 5) is 26.3. The van der Waals surface area contributed by atoms with Gasteiger partial charge in [0.05, 0.1) is 12.4 Å². The average molecular weight is 516 g/mol. The maximum absolute atomic E-state index is 13.9. The number of amides is 1. The van der Waals surface area contributed by atoms with Gasteiger partial charge in [-0.1, -0.05) is 66.7 Å². The quantitative estimate of drug-likeness (QED) is 0.255. The average Bonchev–Trinajstić information content (AvgIpc) is 2.85. The Morgan fingerprint density at radius 2 is 1.31 bits per heavy atom. The first-order chi connectivity index (χ1) is 16.9. The van der Waals surface area contributed by atoms with Gasteiger partial charge in [0.2, 0.25) is 0 Å². The van der Waals surface area contributed by atoms with E-state index in [0.717, 1.165) is 4.90 Å². The first-order valence-electron chi connectivity index (χ1n) is 10.8. The fraction of sp³-hybridized carbons (Fsp3) is 0.200. The lowest BCUT2D eigenvalue weighted by Crippen LogP contribution is -2.39. The molecule has 0 spiro atoms. The smallest absolute Gasteiger partial charge is 0.450 e. The Hall–Kier alpha value is -3.42. The summed E-state index contributed by atoms with van der Waals surface area (Å²) in [6.45, 7) is 1.15. The van der Waals surface area contributed by atoms with Gasteiger partial charge >= 0.3 is 18.8 Å². The molecule has 0 saturated carbocycles. The predicted octanol–water partition coefficient (Wildman–Crippen LogP) is 5.23. The van der Waals surface area contributed by atoms with Gasteiger partial charge in [-0.3, -0.25) is 9.59 Å². The van der Waals surface area contributed by atoms with Gasteiger partial charge in [-0.2, -0.15) is 0 Å². The van der Waals surface area contributed by atoms with Gasteiger partial charge in [0, 0.05) is 0 Å². The summed E-state index contributed by atoms with van der Waals surface area (Å²) in [5.41, 5.74) is 0.680. The van der Waals surface area contributed by atoms with E-state index in [2.05, 4.69) is 0 Å². The monoisotopic (exact) mass is 515 g/mol. The summed E-state index contributed by atoms with van der Waals surface area (Å²) in [6.07, 6.45) is -0.616. The molecular weight excluding hydrogens is 489 g/mol. The van der Waals surface area contributed by atoms with Crippen molar-refractivity contribution in [1.82, 2.24) is 4.90 Å². The zero-order valence-electron chi connectivity index (χ0n) is 19.1. The van der Waals surface area contributed by atoms with Crippen LogP contribution in [0.2, 0.25) is 0 Å². The zero-order chi connectivity index (χ0) is 25.1. The fourth-order valence-corrected chi connectivity index (χ4v) is 5.85. The highest BCUT2D eigenvalue weighted by Gasteiger charge is 2.36. The summed E-state index contributed by atoms with van der Waals surface area (Å²) >= 11 is 0. The van der Waals surface area contributed by atoms with E-state index < -0.39 is 42.4 Å². The van der Waals surface area contributed by atoms with Crippen molar-refractivity contribution in [3.8, 4) is 11.5 Å².